The number of thioether (sulfide) groups is 2. The second kappa shape index (κ2) is 8.15. The van der Waals surface area contributed by atoms with Crippen molar-refractivity contribution in [1.82, 2.24) is 9.80 Å². The lowest BCUT2D eigenvalue weighted by Gasteiger charge is -2.44. The third-order valence-electron chi connectivity index (χ3n) is 4.78. The molecule has 3 rings (SSSR count). The van der Waals surface area contributed by atoms with Gasteiger partial charge in [-0.1, -0.05) is 31.3 Å². The zero-order chi connectivity index (χ0) is 19.7. The number of carboxylic acids is 1. The molecular weight excluding hydrogens is 392 g/mol. The predicted octanol–water partition coefficient (Wildman–Crippen LogP) is 1.67. The van der Waals surface area contributed by atoms with Crippen LogP contribution in [0.3, 0.4) is 0 Å². The van der Waals surface area contributed by atoms with Crippen molar-refractivity contribution >= 4 is 41.5 Å². The van der Waals surface area contributed by atoms with Crippen molar-refractivity contribution < 1.29 is 29.3 Å². The highest BCUT2D eigenvalue weighted by molar-refractivity contribution is 8.23. The van der Waals surface area contributed by atoms with E-state index in [1.807, 2.05) is 0 Å². The molecule has 0 spiro atoms. The molecule has 4 atom stereocenters. The van der Waals surface area contributed by atoms with Crippen molar-refractivity contribution in [2.75, 3.05) is 19.7 Å². The Kier molecular flexibility index (Phi) is 6.07. The highest BCUT2D eigenvalue weighted by Crippen LogP contribution is 2.55. The number of carboxylic acid groups (broad SMARTS) is 1. The van der Waals surface area contributed by atoms with Gasteiger partial charge in [0.05, 0.1) is 16.3 Å². The molecule has 0 aromatic rings. The molecule has 2 amide bonds. The molecule has 3 heterocycles. The number of carbonyl (C=O) groups is 3. The number of carbonyl (C=O) groups excluding carboxylic acids is 2. The van der Waals surface area contributed by atoms with Crippen molar-refractivity contribution in [2.24, 2.45) is 5.92 Å². The minimum Gasteiger partial charge on any atom is -0.477 e. The molecule has 3 aliphatic rings. The standard InChI is InChI=1S/C17H22N2O6S2/c1-3-7-25-17(24)18-6-5-9(8-18)26-16-12(15(22)23)19-13(21)11(10(20)4-2)14(19)27-16/h3,9-11,14,20H,1,4-8H2,2H3,(H,22,23)/t9-,10-,11+,14+/m0/s1. The summed E-state index contributed by atoms with van der Waals surface area (Å²) in [4.78, 5) is 38.9. The Morgan fingerprint density at radius 1 is 1.52 bits per heavy atom. The summed E-state index contributed by atoms with van der Waals surface area (Å²) in [6.07, 6.45) is 1.48. The van der Waals surface area contributed by atoms with Crippen molar-refractivity contribution in [3.63, 3.8) is 0 Å². The van der Waals surface area contributed by atoms with Crippen LogP contribution < -0.4 is 0 Å². The SMILES string of the molecule is C=CCOC(=O)N1CC[C@H](SC2=C(C(=O)O)N3C(=O)[C@@H]([C@@H](O)CC)[C@H]3S2)C1. The molecule has 10 heteroatoms. The van der Waals surface area contributed by atoms with E-state index in [9.17, 15) is 24.6 Å². The molecular formula is C17H22N2O6S2. The zero-order valence-corrected chi connectivity index (χ0v) is 16.5. The third-order valence-corrected chi connectivity index (χ3v) is 7.64. The molecule has 0 bridgehead atoms. The molecule has 0 aliphatic carbocycles. The Balaban J connectivity index is 1.66. The first kappa shape index (κ1) is 20.1. The quantitative estimate of drug-likeness (QED) is 0.479. The van der Waals surface area contributed by atoms with Crippen LogP contribution in [-0.2, 0) is 14.3 Å². The lowest BCUT2D eigenvalue weighted by Crippen LogP contribution is -2.61. The van der Waals surface area contributed by atoms with Gasteiger partial charge in [-0.2, -0.15) is 0 Å². The van der Waals surface area contributed by atoms with Gasteiger partial charge in [0.1, 0.15) is 12.0 Å². The van der Waals surface area contributed by atoms with Crippen LogP contribution in [0.2, 0.25) is 0 Å². The topological polar surface area (TPSA) is 107 Å². The molecule has 2 fully saturated rings. The predicted molar refractivity (Wildman–Crippen MR) is 102 cm³/mol. The molecule has 148 valence electrons. The van der Waals surface area contributed by atoms with E-state index in [4.69, 9.17) is 4.74 Å². The number of aliphatic carboxylic acids is 1. The molecule has 8 nitrogen and oxygen atoms in total. The maximum atomic E-state index is 12.4. The second-order valence-electron chi connectivity index (χ2n) is 6.50. The van der Waals surface area contributed by atoms with E-state index in [2.05, 4.69) is 6.58 Å². The van der Waals surface area contributed by atoms with Crippen LogP contribution in [-0.4, -0.2) is 74.4 Å². The summed E-state index contributed by atoms with van der Waals surface area (Å²) in [6, 6.07) is 0. The molecule has 2 saturated heterocycles. The van der Waals surface area contributed by atoms with E-state index < -0.39 is 24.1 Å². The van der Waals surface area contributed by atoms with Gasteiger partial charge < -0.3 is 19.8 Å². The molecule has 3 aliphatic heterocycles. The van der Waals surface area contributed by atoms with Crippen LogP contribution in [0.25, 0.3) is 0 Å². The lowest BCUT2D eigenvalue weighted by molar-refractivity contribution is -0.157. The van der Waals surface area contributed by atoms with Gasteiger partial charge in [0.2, 0.25) is 5.91 Å². The summed E-state index contributed by atoms with van der Waals surface area (Å²) < 4.78 is 5.60. The second-order valence-corrected chi connectivity index (χ2v) is 9.20. The largest absolute Gasteiger partial charge is 0.477 e. The summed E-state index contributed by atoms with van der Waals surface area (Å²) in [7, 11) is 0. The average molecular weight is 415 g/mol. The molecule has 0 aromatic heterocycles. The number of fused-ring (bicyclic) bond motifs is 1. The number of aliphatic hydroxyl groups is 1. The van der Waals surface area contributed by atoms with Crippen LogP contribution in [0.4, 0.5) is 4.79 Å². The van der Waals surface area contributed by atoms with Crippen molar-refractivity contribution in [3.05, 3.63) is 22.6 Å². The minimum absolute atomic E-state index is 0.00719. The lowest BCUT2D eigenvalue weighted by atomic mass is 9.90. The number of nitrogens with zero attached hydrogens (tertiary/aromatic N) is 2. The number of ether oxygens (including phenoxy) is 1. The number of amides is 2. The van der Waals surface area contributed by atoms with Gasteiger partial charge in [-0.25, -0.2) is 9.59 Å². The van der Waals surface area contributed by atoms with Crippen LogP contribution in [0, 0.1) is 5.92 Å². The molecule has 27 heavy (non-hydrogen) atoms. The summed E-state index contributed by atoms with van der Waals surface area (Å²) in [5.74, 6) is -2.05. The van der Waals surface area contributed by atoms with Crippen molar-refractivity contribution in [3.8, 4) is 0 Å². The van der Waals surface area contributed by atoms with E-state index in [1.165, 1.54) is 34.5 Å². The summed E-state index contributed by atoms with van der Waals surface area (Å²) in [5.41, 5.74) is -0.00719. The van der Waals surface area contributed by atoms with E-state index in [1.54, 1.807) is 11.8 Å². The van der Waals surface area contributed by atoms with Gasteiger partial charge in [0.25, 0.3) is 0 Å². The van der Waals surface area contributed by atoms with Crippen LogP contribution in [0.1, 0.15) is 19.8 Å². The van der Waals surface area contributed by atoms with Crippen LogP contribution in [0.5, 0.6) is 0 Å². The number of rotatable bonds is 7. The minimum atomic E-state index is -1.15. The summed E-state index contributed by atoms with van der Waals surface area (Å²) in [5, 5.41) is 19.3. The maximum Gasteiger partial charge on any atom is 0.410 e. The van der Waals surface area contributed by atoms with Gasteiger partial charge in [-0.3, -0.25) is 9.69 Å². The molecule has 0 saturated carbocycles. The van der Waals surface area contributed by atoms with Gasteiger partial charge in [-0.15, -0.1) is 11.8 Å². The van der Waals surface area contributed by atoms with Gasteiger partial charge in [0.15, 0.2) is 5.70 Å². The maximum absolute atomic E-state index is 12.4. The van der Waals surface area contributed by atoms with E-state index >= 15 is 0 Å². The van der Waals surface area contributed by atoms with Gasteiger partial charge in [-0.05, 0) is 12.8 Å². The Morgan fingerprint density at radius 3 is 2.89 bits per heavy atom. The number of likely N-dealkylation sites (tertiary alicyclic amines) is 1. The highest BCUT2D eigenvalue weighted by atomic mass is 32.2. The smallest absolute Gasteiger partial charge is 0.410 e. The van der Waals surface area contributed by atoms with Crippen molar-refractivity contribution in [2.45, 2.75) is 36.5 Å². The van der Waals surface area contributed by atoms with E-state index in [-0.39, 0.29) is 28.8 Å². The Bertz CT molecular complexity index is 697. The fourth-order valence-electron chi connectivity index (χ4n) is 3.36. The molecule has 0 unspecified atom stereocenters. The van der Waals surface area contributed by atoms with E-state index in [0.29, 0.717) is 30.2 Å². The third kappa shape index (κ3) is 3.70. The van der Waals surface area contributed by atoms with Crippen LogP contribution >= 0.6 is 23.5 Å². The summed E-state index contributed by atoms with van der Waals surface area (Å²) >= 11 is 2.71. The van der Waals surface area contributed by atoms with E-state index in [0.717, 1.165) is 0 Å². The first-order valence-electron chi connectivity index (χ1n) is 8.73. The van der Waals surface area contributed by atoms with Crippen molar-refractivity contribution in [1.29, 1.82) is 0 Å². The Morgan fingerprint density at radius 2 is 2.26 bits per heavy atom. The van der Waals surface area contributed by atoms with Gasteiger partial charge >= 0.3 is 12.1 Å². The highest BCUT2D eigenvalue weighted by Gasteiger charge is 2.58. The number of hydrogen-bond donors (Lipinski definition) is 2. The fourth-order valence-corrected chi connectivity index (χ4v) is 6.64. The molecule has 0 radical (unpaired) electrons. The zero-order valence-electron chi connectivity index (χ0n) is 14.9. The molecule has 2 N–H and O–H groups in total. The normalized spacial score (nSPS) is 28.1. The van der Waals surface area contributed by atoms with Gasteiger partial charge in [0, 0.05) is 18.3 Å². The monoisotopic (exact) mass is 414 g/mol. The Hall–Kier alpha value is -1.65. The summed E-state index contributed by atoms with van der Waals surface area (Å²) in [6.45, 7) is 6.44. The molecule has 0 aromatic carbocycles. The first-order chi connectivity index (χ1) is 12.9. The first-order valence-corrected chi connectivity index (χ1v) is 10.5. The number of aliphatic hydroxyl groups excluding tert-OH is 1. The fraction of sp³-hybridized carbons (Fsp3) is 0.588. The average Bonchev–Trinajstić information content (AvgIpc) is 3.23. The number of hydrogen-bond acceptors (Lipinski definition) is 7. The van der Waals surface area contributed by atoms with Crippen LogP contribution in [0.15, 0.2) is 22.6 Å². The Labute approximate surface area is 165 Å². The number of β-lactam (4-membered cyclic amide) rings is 1.